The van der Waals surface area contributed by atoms with Crippen LogP contribution in [0.15, 0.2) is 33.5 Å². The zero-order chi connectivity index (χ0) is 17.4. The number of aromatic nitrogens is 1. The van der Waals surface area contributed by atoms with E-state index in [1.165, 1.54) is 16.0 Å². The first kappa shape index (κ1) is 18.8. The molecular formula is C18H26N4S2. The molecule has 0 saturated heterocycles. The van der Waals surface area contributed by atoms with Crippen molar-refractivity contribution in [2.24, 2.45) is 4.99 Å². The maximum atomic E-state index is 4.72. The van der Waals surface area contributed by atoms with E-state index in [2.05, 4.69) is 59.3 Å². The summed E-state index contributed by atoms with van der Waals surface area (Å²) < 4.78 is 0. The van der Waals surface area contributed by atoms with Gasteiger partial charge in [-0.25, -0.2) is 9.98 Å². The Hall–Kier alpha value is -1.53. The summed E-state index contributed by atoms with van der Waals surface area (Å²) in [5.74, 6) is 0.858. The number of nitrogens with one attached hydrogen (secondary N) is 2. The van der Waals surface area contributed by atoms with E-state index in [9.17, 15) is 0 Å². The van der Waals surface area contributed by atoms with Crippen molar-refractivity contribution in [3.8, 4) is 0 Å². The SMILES string of the molecule is CCNC(=NCc1ccc(C)cc1SC)NCCc1csc(C)n1. The van der Waals surface area contributed by atoms with Gasteiger partial charge in [-0.15, -0.1) is 23.1 Å². The summed E-state index contributed by atoms with van der Waals surface area (Å²) in [4.78, 5) is 10.5. The number of hydrogen-bond acceptors (Lipinski definition) is 4. The van der Waals surface area contributed by atoms with E-state index in [4.69, 9.17) is 4.99 Å². The van der Waals surface area contributed by atoms with Gasteiger partial charge in [0.05, 0.1) is 17.2 Å². The molecule has 0 aliphatic carbocycles. The lowest BCUT2D eigenvalue weighted by atomic mass is 10.1. The van der Waals surface area contributed by atoms with Crippen LogP contribution in [0.2, 0.25) is 0 Å². The highest BCUT2D eigenvalue weighted by atomic mass is 32.2. The number of hydrogen-bond donors (Lipinski definition) is 2. The standard InChI is InChI=1S/C18H26N4S2/c1-5-19-18(20-9-8-16-12-24-14(3)22-16)21-11-15-7-6-13(2)10-17(15)23-4/h6-7,10,12H,5,8-9,11H2,1-4H3,(H2,19,20,21). The zero-order valence-corrected chi connectivity index (χ0v) is 16.5. The lowest BCUT2D eigenvalue weighted by molar-refractivity contribution is 0.789. The van der Waals surface area contributed by atoms with Crippen molar-refractivity contribution in [3.05, 3.63) is 45.4 Å². The van der Waals surface area contributed by atoms with Gasteiger partial charge in [-0.2, -0.15) is 0 Å². The molecule has 0 fully saturated rings. The van der Waals surface area contributed by atoms with Gasteiger partial charge in [0.15, 0.2) is 5.96 Å². The minimum atomic E-state index is 0.682. The predicted octanol–water partition coefficient (Wildman–Crippen LogP) is 3.78. The van der Waals surface area contributed by atoms with Crippen LogP contribution in [0.1, 0.15) is 28.8 Å². The lowest BCUT2D eigenvalue weighted by Crippen LogP contribution is -2.38. The normalized spacial score (nSPS) is 11.6. The average molecular weight is 363 g/mol. The molecule has 1 aromatic heterocycles. The minimum Gasteiger partial charge on any atom is -0.357 e. The van der Waals surface area contributed by atoms with E-state index < -0.39 is 0 Å². The first-order valence-electron chi connectivity index (χ1n) is 8.19. The number of aryl methyl sites for hydroxylation is 2. The molecule has 0 radical (unpaired) electrons. The number of rotatable bonds is 7. The second-order valence-electron chi connectivity index (χ2n) is 5.55. The van der Waals surface area contributed by atoms with Crippen LogP contribution in [0.5, 0.6) is 0 Å². The maximum absolute atomic E-state index is 4.72. The molecule has 0 atom stereocenters. The van der Waals surface area contributed by atoms with Gasteiger partial charge < -0.3 is 10.6 Å². The Balaban J connectivity index is 1.94. The maximum Gasteiger partial charge on any atom is 0.191 e. The van der Waals surface area contributed by atoms with Crippen LogP contribution in [-0.4, -0.2) is 30.3 Å². The number of thiazole rings is 1. The number of aliphatic imine (C=N–C) groups is 1. The number of nitrogens with zero attached hydrogens (tertiary/aromatic N) is 2. The summed E-state index contributed by atoms with van der Waals surface area (Å²) in [7, 11) is 0. The second-order valence-corrected chi connectivity index (χ2v) is 7.46. The average Bonchev–Trinajstić information content (AvgIpc) is 2.98. The molecule has 2 aromatic rings. The third kappa shape index (κ3) is 5.83. The van der Waals surface area contributed by atoms with E-state index >= 15 is 0 Å². The molecule has 1 aromatic carbocycles. The highest BCUT2D eigenvalue weighted by Crippen LogP contribution is 2.22. The molecular weight excluding hydrogens is 336 g/mol. The molecule has 0 bridgehead atoms. The summed E-state index contributed by atoms with van der Waals surface area (Å²) in [6.07, 6.45) is 3.02. The van der Waals surface area contributed by atoms with Crippen molar-refractivity contribution in [3.63, 3.8) is 0 Å². The molecule has 0 saturated carbocycles. The van der Waals surface area contributed by atoms with Gasteiger partial charge >= 0.3 is 0 Å². The number of guanidine groups is 1. The summed E-state index contributed by atoms with van der Waals surface area (Å²) in [5, 5.41) is 9.94. The van der Waals surface area contributed by atoms with E-state index in [0.29, 0.717) is 6.54 Å². The highest BCUT2D eigenvalue weighted by Gasteiger charge is 2.04. The molecule has 4 nitrogen and oxygen atoms in total. The Labute approximate surface area is 153 Å². The van der Waals surface area contributed by atoms with Gasteiger partial charge in [0.2, 0.25) is 0 Å². The molecule has 6 heteroatoms. The summed E-state index contributed by atoms with van der Waals surface area (Å²) in [6.45, 7) is 8.61. The van der Waals surface area contributed by atoms with Crippen LogP contribution < -0.4 is 10.6 Å². The molecule has 2 rings (SSSR count). The Morgan fingerprint density at radius 1 is 1.29 bits per heavy atom. The Morgan fingerprint density at radius 2 is 2.12 bits per heavy atom. The van der Waals surface area contributed by atoms with E-state index in [0.717, 1.165) is 36.2 Å². The van der Waals surface area contributed by atoms with Gasteiger partial charge in [-0.1, -0.05) is 12.1 Å². The zero-order valence-electron chi connectivity index (χ0n) is 14.8. The van der Waals surface area contributed by atoms with E-state index in [1.54, 1.807) is 23.1 Å². The fraction of sp³-hybridized carbons (Fsp3) is 0.444. The monoisotopic (exact) mass is 362 g/mol. The van der Waals surface area contributed by atoms with Crippen molar-refractivity contribution < 1.29 is 0 Å². The smallest absolute Gasteiger partial charge is 0.191 e. The number of benzene rings is 1. The lowest BCUT2D eigenvalue weighted by Gasteiger charge is -2.12. The molecule has 0 aliphatic rings. The van der Waals surface area contributed by atoms with Crippen LogP contribution in [0.25, 0.3) is 0 Å². The van der Waals surface area contributed by atoms with Gasteiger partial charge in [-0.3, -0.25) is 0 Å². The van der Waals surface area contributed by atoms with Crippen LogP contribution in [0.4, 0.5) is 0 Å². The quantitative estimate of drug-likeness (QED) is 0.447. The molecule has 2 N–H and O–H groups in total. The summed E-state index contributed by atoms with van der Waals surface area (Å²) in [6, 6.07) is 6.54. The molecule has 0 amide bonds. The van der Waals surface area contributed by atoms with Crippen molar-refractivity contribution in [2.45, 2.75) is 38.6 Å². The van der Waals surface area contributed by atoms with Crippen LogP contribution >= 0.6 is 23.1 Å². The Morgan fingerprint density at radius 3 is 2.79 bits per heavy atom. The topological polar surface area (TPSA) is 49.3 Å². The highest BCUT2D eigenvalue weighted by molar-refractivity contribution is 7.98. The second kappa shape index (κ2) is 9.69. The van der Waals surface area contributed by atoms with Crippen molar-refractivity contribution in [2.75, 3.05) is 19.3 Å². The minimum absolute atomic E-state index is 0.682. The van der Waals surface area contributed by atoms with Gasteiger partial charge in [0.25, 0.3) is 0 Å². The molecule has 24 heavy (non-hydrogen) atoms. The van der Waals surface area contributed by atoms with Crippen molar-refractivity contribution in [1.82, 2.24) is 15.6 Å². The van der Waals surface area contributed by atoms with E-state index in [1.807, 2.05) is 6.92 Å². The third-order valence-corrected chi connectivity index (χ3v) is 5.18. The number of thioether (sulfide) groups is 1. The molecule has 0 aliphatic heterocycles. The molecule has 1 heterocycles. The molecule has 0 spiro atoms. The van der Waals surface area contributed by atoms with Crippen LogP contribution in [0.3, 0.4) is 0 Å². The van der Waals surface area contributed by atoms with E-state index in [-0.39, 0.29) is 0 Å². The first-order valence-corrected chi connectivity index (χ1v) is 10.3. The third-order valence-electron chi connectivity index (χ3n) is 3.53. The van der Waals surface area contributed by atoms with Crippen molar-refractivity contribution in [1.29, 1.82) is 0 Å². The fourth-order valence-electron chi connectivity index (χ4n) is 2.32. The summed E-state index contributed by atoms with van der Waals surface area (Å²) in [5.41, 5.74) is 3.69. The fourth-order valence-corrected chi connectivity index (χ4v) is 3.67. The Bertz CT molecular complexity index is 679. The molecule has 0 unspecified atom stereocenters. The van der Waals surface area contributed by atoms with Crippen LogP contribution in [-0.2, 0) is 13.0 Å². The van der Waals surface area contributed by atoms with Gasteiger partial charge in [-0.05, 0) is 44.2 Å². The van der Waals surface area contributed by atoms with Crippen molar-refractivity contribution >= 4 is 29.1 Å². The molecule has 130 valence electrons. The largest absolute Gasteiger partial charge is 0.357 e. The Kier molecular flexibility index (Phi) is 7.59. The first-order chi connectivity index (χ1) is 11.6. The van der Waals surface area contributed by atoms with Crippen LogP contribution in [0, 0.1) is 13.8 Å². The predicted molar refractivity (Wildman–Crippen MR) is 106 cm³/mol. The van der Waals surface area contributed by atoms with Gasteiger partial charge in [0.1, 0.15) is 0 Å². The van der Waals surface area contributed by atoms with Gasteiger partial charge in [0, 0.05) is 29.8 Å². The summed E-state index contributed by atoms with van der Waals surface area (Å²) >= 11 is 3.47.